The van der Waals surface area contributed by atoms with Crippen LogP contribution in [0.1, 0.15) is 38.3 Å². The van der Waals surface area contributed by atoms with Crippen LogP contribution in [0.2, 0.25) is 0 Å². The van der Waals surface area contributed by atoms with Gasteiger partial charge in [0.2, 0.25) is 0 Å². The summed E-state index contributed by atoms with van der Waals surface area (Å²) in [6.07, 6.45) is 2.70. The predicted octanol–water partition coefficient (Wildman–Crippen LogP) is 3.63. The lowest BCUT2D eigenvalue weighted by atomic mass is 9.91. The molecule has 1 unspecified atom stereocenters. The van der Waals surface area contributed by atoms with E-state index in [4.69, 9.17) is 0 Å². The first kappa shape index (κ1) is 19.0. The molecule has 1 aromatic carbocycles. The van der Waals surface area contributed by atoms with Gasteiger partial charge < -0.3 is 4.74 Å². The van der Waals surface area contributed by atoms with Crippen molar-refractivity contribution in [3.05, 3.63) is 65.8 Å². The number of sulfone groups is 1. The van der Waals surface area contributed by atoms with Gasteiger partial charge in [-0.3, -0.25) is 0 Å². The largest absolute Gasteiger partial charge is 0.386 e. The van der Waals surface area contributed by atoms with Crippen LogP contribution in [0.25, 0.3) is 11.1 Å². The Morgan fingerprint density at radius 2 is 1.70 bits per heavy atom. The van der Waals surface area contributed by atoms with Gasteiger partial charge in [-0.2, -0.15) is 0 Å². The minimum Gasteiger partial charge on any atom is -0.386 e. The molecule has 6 heteroatoms. The second kappa shape index (κ2) is 6.16. The van der Waals surface area contributed by atoms with Crippen LogP contribution in [-0.2, 0) is 24.2 Å². The summed E-state index contributed by atoms with van der Waals surface area (Å²) in [5, 5.41) is 0. The molecule has 140 valence electrons. The maximum Gasteiger partial charge on any atom is 0.346 e. The number of ether oxygens (including phenoxy) is 1. The Hall–Kier alpha value is -2.73. The van der Waals surface area contributed by atoms with Crippen molar-refractivity contribution in [1.82, 2.24) is 0 Å². The zero-order chi connectivity index (χ0) is 20.1. The lowest BCUT2D eigenvalue weighted by Crippen LogP contribution is -2.36. The van der Waals surface area contributed by atoms with Crippen molar-refractivity contribution in [2.45, 2.75) is 36.8 Å². The van der Waals surface area contributed by atoms with Gasteiger partial charge in [-0.05, 0) is 50.1 Å². The van der Waals surface area contributed by atoms with Crippen LogP contribution in [0.15, 0.2) is 59.6 Å². The van der Waals surface area contributed by atoms with Gasteiger partial charge in [0, 0.05) is 6.42 Å². The number of carbonyl (C=O) groups is 2. The van der Waals surface area contributed by atoms with E-state index in [1.165, 1.54) is 25.1 Å². The smallest absolute Gasteiger partial charge is 0.346 e. The first-order chi connectivity index (χ1) is 12.5. The molecule has 27 heavy (non-hydrogen) atoms. The van der Waals surface area contributed by atoms with Crippen molar-refractivity contribution in [3.63, 3.8) is 0 Å². The molecule has 5 nitrogen and oxygen atoms in total. The third-order valence-corrected chi connectivity index (χ3v) is 7.32. The Morgan fingerprint density at radius 3 is 2.30 bits per heavy atom. The highest BCUT2D eigenvalue weighted by atomic mass is 32.2. The molecule has 0 fully saturated rings. The van der Waals surface area contributed by atoms with E-state index in [0.29, 0.717) is 5.56 Å². The Kier molecular flexibility index (Phi) is 4.35. The SMILES string of the molecule is C=C(C)c1ccc(S(=O)(=O)C2(C)C=CC3=C(C2)C(=O)OC3=O)cc1C(=C)C. The van der Waals surface area contributed by atoms with Crippen molar-refractivity contribution < 1.29 is 22.7 Å². The third-order valence-electron chi connectivity index (χ3n) is 4.94. The second-order valence-corrected chi connectivity index (χ2v) is 9.57. The molecular formula is C21H20O5S. The highest BCUT2D eigenvalue weighted by Gasteiger charge is 2.46. The lowest BCUT2D eigenvalue weighted by molar-refractivity contribution is -0.151. The monoisotopic (exact) mass is 384 g/mol. The van der Waals surface area contributed by atoms with Gasteiger partial charge in [0.15, 0.2) is 9.84 Å². The molecule has 0 saturated heterocycles. The van der Waals surface area contributed by atoms with Gasteiger partial charge in [0.25, 0.3) is 0 Å². The Labute approximate surface area is 158 Å². The fourth-order valence-corrected chi connectivity index (χ4v) is 4.95. The molecule has 0 aromatic heterocycles. The quantitative estimate of drug-likeness (QED) is 0.585. The fourth-order valence-electron chi connectivity index (χ4n) is 3.31. The number of hydrogen-bond donors (Lipinski definition) is 0. The molecule has 0 bridgehead atoms. The Morgan fingerprint density at radius 1 is 1.07 bits per heavy atom. The lowest BCUT2D eigenvalue weighted by Gasteiger charge is -2.28. The second-order valence-electron chi connectivity index (χ2n) is 7.16. The van der Waals surface area contributed by atoms with Crippen LogP contribution in [0, 0.1) is 0 Å². The van der Waals surface area contributed by atoms with Crippen LogP contribution in [-0.4, -0.2) is 25.1 Å². The topological polar surface area (TPSA) is 77.5 Å². The van der Waals surface area contributed by atoms with Gasteiger partial charge in [0.1, 0.15) is 0 Å². The van der Waals surface area contributed by atoms with Gasteiger partial charge >= 0.3 is 11.9 Å². The summed E-state index contributed by atoms with van der Waals surface area (Å²) in [5.41, 5.74) is 3.32. The summed E-state index contributed by atoms with van der Waals surface area (Å²) in [6.45, 7) is 13.0. The first-order valence-corrected chi connectivity index (χ1v) is 9.85. The average molecular weight is 384 g/mol. The van der Waals surface area contributed by atoms with E-state index in [9.17, 15) is 18.0 Å². The number of allylic oxidation sites excluding steroid dienone is 2. The van der Waals surface area contributed by atoms with Crippen LogP contribution >= 0.6 is 0 Å². The standard InChI is InChI=1S/C21H20O5S/c1-12(2)15-7-6-14(10-17(15)13(3)4)27(24,25)21(5)9-8-16-18(11-21)20(23)26-19(16)22/h6-10H,1,3,11H2,2,4-5H3. The fraction of sp³-hybridized carbons (Fsp3) is 0.238. The third kappa shape index (κ3) is 2.90. The Balaban J connectivity index is 2.09. The van der Waals surface area contributed by atoms with Crippen molar-refractivity contribution in [2.75, 3.05) is 0 Å². The molecule has 0 radical (unpaired) electrons. The summed E-state index contributed by atoms with van der Waals surface area (Å²) in [4.78, 5) is 23.7. The van der Waals surface area contributed by atoms with E-state index < -0.39 is 26.5 Å². The molecule has 0 amide bonds. The minimum atomic E-state index is -3.85. The predicted molar refractivity (Wildman–Crippen MR) is 103 cm³/mol. The molecule has 0 N–H and O–H groups in total. The number of carbonyl (C=O) groups excluding carboxylic acids is 2. The number of cyclic esters (lactones) is 2. The summed E-state index contributed by atoms with van der Waals surface area (Å²) < 4.78 is 30.0. The summed E-state index contributed by atoms with van der Waals surface area (Å²) in [5.74, 6) is -1.51. The average Bonchev–Trinajstić information content (AvgIpc) is 2.87. The van der Waals surface area contributed by atoms with Crippen molar-refractivity contribution >= 4 is 32.9 Å². The van der Waals surface area contributed by atoms with E-state index in [1.807, 2.05) is 6.92 Å². The van der Waals surface area contributed by atoms with Crippen molar-refractivity contribution in [1.29, 1.82) is 0 Å². The van der Waals surface area contributed by atoms with Crippen LogP contribution in [0.3, 0.4) is 0 Å². The van der Waals surface area contributed by atoms with Gasteiger partial charge in [-0.25, -0.2) is 18.0 Å². The number of hydrogen-bond acceptors (Lipinski definition) is 5. The van der Waals surface area contributed by atoms with Crippen molar-refractivity contribution in [2.24, 2.45) is 0 Å². The van der Waals surface area contributed by atoms with Gasteiger partial charge in [-0.15, -0.1) is 0 Å². The van der Waals surface area contributed by atoms with Crippen LogP contribution in [0.4, 0.5) is 0 Å². The highest BCUT2D eigenvalue weighted by molar-refractivity contribution is 7.93. The zero-order valence-corrected chi connectivity index (χ0v) is 16.3. The molecule has 1 aliphatic carbocycles. The summed E-state index contributed by atoms with van der Waals surface area (Å²) in [7, 11) is -3.85. The molecular weight excluding hydrogens is 364 g/mol. The maximum absolute atomic E-state index is 13.4. The molecule has 2 aliphatic rings. The minimum absolute atomic E-state index is 0.104. The van der Waals surface area contributed by atoms with E-state index in [2.05, 4.69) is 17.9 Å². The number of esters is 2. The Bertz CT molecular complexity index is 1090. The van der Waals surface area contributed by atoms with Crippen molar-refractivity contribution in [3.8, 4) is 0 Å². The van der Waals surface area contributed by atoms with E-state index in [-0.39, 0.29) is 22.5 Å². The van der Waals surface area contributed by atoms with E-state index in [0.717, 1.165) is 16.7 Å². The number of benzene rings is 1. The maximum atomic E-state index is 13.4. The van der Waals surface area contributed by atoms with E-state index >= 15 is 0 Å². The molecule has 0 saturated carbocycles. The van der Waals surface area contributed by atoms with E-state index in [1.54, 1.807) is 19.1 Å². The van der Waals surface area contributed by atoms with Crippen LogP contribution < -0.4 is 0 Å². The molecule has 1 heterocycles. The van der Waals surface area contributed by atoms with Crippen LogP contribution in [0.5, 0.6) is 0 Å². The molecule has 1 atom stereocenters. The first-order valence-electron chi connectivity index (χ1n) is 8.37. The normalized spacial score (nSPS) is 21.9. The summed E-state index contributed by atoms with van der Waals surface area (Å²) >= 11 is 0. The summed E-state index contributed by atoms with van der Waals surface area (Å²) in [6, 6.07) is 4.84. The number of rotatable bonds is 4. The zero-order valence-electron chi connectivity index (χ0n) is 15.5. The van der Waals surface area contributed by atoms with Gasteiger partial charge in [0.05, 0.1) is 20.8 Å². The molecule has 1 aliphatic heterocycles. The molecule has 0 spiro atoms. The molecule has 1 aromatic rings. The van der Waals surface area contributed by atoms with Gasteiger partial charge in [-0.1, -0.05) is 36.4 Å². The highest BCUT2D eigenvalue weighted by Crippen LogP contribution is 2.40. The molecule has 3 rings (SSSR count).